The summed E-state index contributed by atoms with van der Waals surface area (Å²) in [6.45, 7) is 2.11. The molecule has 0 radical (unpaired) electrons. The monoisotopic (exact) mass is 388 g/mol. The molecule has 1 aliphatic rings. The maximum absolute atomic E-state index is 13.0. The van der Waals surface area contributed by atoms with Crippen molar-refractivity contribution < 1.29 is 14.3 Å². The lowest BCUT2D eigenvalue weighted by atomic mass is 10.0. The van der Waals surface area contributed by atoms with Crippen LogP contribution in [0.2, 0.25) is 0 Å². The van der Waals surface area contributed by atoms with Crippen LogP contribution in [-0.4, -0.2) is 29.5 Å². The summed E-state index contributed by atoms with van der Waals surface area (Å²) in [4.78, 5) is 30.1. The molecular weight excluding hydrogens is 364 g/mol. The number of aryl methyl sites for hydroxylation is 1. The van der Waals surface area contributed by atoms with Crippen molar-refractivity contribution >= 4 is 22.8 Å². The fourth-order valence-corrected chi connectivity index (χ4v) is 3.84. The van der Waals surface area contributed by atoms with Crippen LogP contribution in [0.25, 0.3) is 10.9 Å². The quantitative estimate of drug-likeness (QED) is 0.655. The third-order valence-electron chi connectivity index (χ3n) is 5.33. The van der Waals surface area contributed by atoms with E-state index in [-0.39, 0.29) is 5.91 Å². The molecule has 5 nitrogen and oxygen atoms in total. The second kappa shape index (κ2) is 8.43. The number of aromatic nitrogens is 1. The lowest BCUT2D eigenvalue weighted by Crippen LogP contribution is -2.37. The maximum atomic E-state index is 13.0. The number of rotatable bonds is 6. The van der Waals surface area contributed by atoms with Crippen molar-refractivity contribution in [2.24, 2.45) is 0 Å². The summed E-state index contributed by atoms with van der Waals surface area (Å²) in [5.74, 6) is -0.739. The Morgan fingerprint density at radius 3 is 2.66 bits per heavy atom. The zero-order valence-corrected chi connectivity index (χ0v) is 16.5. The minimum Gasteiger partial charge on any atom is -0.449 e. The molecule has 0 aliphatic heterocycles. The van der Waals surface area contributed by atoms with Gasteiger partial charge in [-0.15, -0.1) is 0 Å². The van der Waals surface area contributed by atoms with Crippen LogP contribution < -0.4 is 5.32 Å². The number of hydrogen-bond donors (Lipinski definition) is 1. The Hall–Kier alpha value is -3.21. The van der Waals surface area contributed by atoms with E-state index in [2.05, 4.69) is 5.32 Å². The number of nitrogens with zero attached hydrogens (tertiary/aromatic N) is 1. The highest BCUT2D eigenvalue weighted by Gasteiger charge is 2.27. The van der Waals surface area contributed by atoms with Gasteiger partial charge < -0.3 is 10.1 Å². The Morgan fingerprint density at radius 1 is 1.07 bits per heavy atom. The molecule has 4 rings (SSSR count). The molecule has 5 heteroatoms. The van der Waals surface area contributed by atoms with Crippen LogP contribution in [0.3, 0.4) is 0 Å². The van der Waals surface area contributed by atoms with E-state index in [4.69, 9.17) is 9.72 Å². The van der Waals surface area contributed by atoms with Crippen molar-refractivity contribution in [3.8, 4) is 0 Å². The van der Waals surface area contributed by atoms with Crippen LogP contribution in [0.5, 0.6) is 0 Å². The number of ether oxygens (including phenoxy) is 1. The fraction of sp³-hybridized carbons (Fsp3) is 0.292. The van der Waals surface area contributed by atoms with Gasteiger partial charge in [0.1, 0.15) is 0 Å². The third-order valence-corrected chi connectivity index (χ3v) is 5.33. The van der Waals surface area contributed by atoms with Crippen LogP contribution >= 0.6 is 0 Å². The average molecular weight is 388 g/mol. The molecule has 148 valence electrons. The summed E-state index contributed by atoms with van der Waals surface area (Å²) in [5.41, 5.74) is 4.43. The lowest BCUT2D eigenvalue weighted by Gasteiger charge is -2.16. The van der Waals surface area contributed by atoms with E-state index in [9.17, 15) is 9.59 Å². The summed E-state index contributed by atoms with van der Waals surface area (Å²) in [5, 5.41) is 3.64. The second-order valence-corrected chi connectivity index (χ2v) is 7.36. The summed E-state index contributed by atoms with van der Waals surface area (Å²) in [7, 11) is 0. The number of pyridine rings is 1. The van der Waals surface area contributed by atoms with E-state index in [1.165, 1.54) is 0 Å². The van der Waals surface area contributed by atoms with Crippen LogP contribution in [0, 0.1) is 0 Å². The fourth-order valence-electron chi connectivity index (χ4n) is 3.84. The lowest BCUT2D eigenvalue weighted by molar-refractivity contribution is -0.129. The van der Waals surface area contributed by atoms with Crippen molar-refractivity contribution in [1.82, 2.24) is 10.3 Å². The Balaban J connectivity index is 1.44. The largest absolute Gasteiger partial charge is 0.449 e. The molecule has 1 unspecified atom stereocenters. The van der Waals surface area contributed by atoms with Gasteiger partial charge in [-0.1, -0.05) is 48.5 Å². The summed E-state index contributed by atoms with van der Waals surface area (Å²) >= 11 is 0. The number of amides is 1. The number of carbonyl (C=O) groups excluding carboxylic acids is 2. The number of nitrogens with one attached hydrogen (secondary N) is 1. The topological polar surface area (TPSA) is 68.3 Å². The van der Waals surface area contributed by atoms with Gasteiger partial charge in [-0.25, -0.2) is 4.79 Å². The number of carbonyl (C=O) groups is 2. The Labute approximate surface area is 170 Å². The summed E-state index contributed by atoms with van der Waals surface area (Å²) < 4.78 is 5.56. The first-order valence-electron chi connectivity index (χ1n) is 10.1. The first kappa shape index (κ1) is 19.1. The van der Waals surface area contributed by atoms with E-state index < -0.39 is 12.1 Å². The standard InChI is InChI=1S/C24H24N2O3/c1-16(23(27)25-15-14-17-8-3-2-4-9-17)29-24(28)22-18-10-5-6-12-20(18)26-21-13-7-11-19(21)22/h2-6,8-10,12,16H,7,11,13-15H2,1H3,(H,25,27). The highest BCUT2D eigenvalue weighted by atomic mass is 16.5. The molecule has 1 atom stereocenters. The molecule has 0 saturated heterocycles. The first-order valence-corrected chi connectivity index (χ1v) is 10.1. The minimum absolute atomic E-state index is 0.288. The normalized spacial score (nSPS) is 13.7. The zero-order chi connectivity index (χ0) is 20.2. The van der Waals surface area contributed by atoms with Crippen LogP contribution in [0.15, 0.2) is 54.6 Å². The van der Waals surface area contributed by atoms with Gasteiger partial charge in [0.25, 0.3) is 5.91 Å². The third kappa shape index (κ3) is 4.14. The summed E-state index contributed by atoms with van der Waals surface area (Å²) in [6.07, 6.45) is 2.54. The predicted molar refractivity (Wildman–Crippen MR) is 112 cm³/mol. The van der Waals surface area contributed by atoms with E-state index in [1.807, 2.05) is 54.6 Å². The van der Waals surface area contributed by atoms with E-state index in [1.54, 1.807) is 6.92 Å². The van der Waals surface area contributed by atoms with Crippen molar-refractivity contribution in [2.45, 2.75) is 38.7 Å². The molecule has 1 N–H and O–H groups in total. The first-order chi connectivity index (χ1) is 14.1. The number of esters is 1. The molecule has 1 aromatic heterocycles. The van der Waals surface area contributed by atoms with Crippen LogP contribution in [-0.2, 0) is 28.8 Å². The van der Waals surface area contributed by atoms with Crippen LogP contribution in [0.1, 0.15) is 40.5 Å². The molecule has 3 aromatic rings. The Bertz CT molecular complexity index is 1050. The highest BCUT2D eigenvalue weighted by molar-refractivity contribution is 6.05. The zero-order valence-electron chi connectivity index (χ0n) is 16.5. The second-order valence-electron chi connectivity index (χ2n) is 7.36. The molecule has 29 heavy (non-hydrogen) atoms. The minimum atomic E-state index is -0.859. The molecule has 0 bridgehead atoms. The van der Waals surface area contributed by atoms with Crippen molar-refractivity contribution in [3.63, 3.8) is 0 Å². The Kier molecular flexibility index (Phi) is 5.56. The number of fused-ring (bicyclic) bond motifs is 2. The van der Waals surface area contributed by atoms with Crippen molar-refractivity contribution in [2.75, 3.05) is 6.54 Å². The smallest absolute Gasteiger partial charge is 0.339 e. The molecule has 2 aromatic carbocycles. The van der Waals surface area contributed by atoms with Gasteiger partial charge in [0, 0.05) is 17.6 Å². The Morgan fingerprint density at radius 2 is 1.83 bits per heavy atom. The van der Waals surface area contributed by atoms with Gasteiger partial charge >= 0.3 is 5.97 Å². The number of hydrogen-bond acceptors (Lipinski definition) is 4. The van der Waals surface area contributed by atoms with Gasteiger partial charge in [0.2, 0.25) is 0 Å². The van der Waals surface area contributed by atoms with Crippen molar-refractivity contribution in [3.05, 3.63) is 77.0 Å². The van der Waals surface area contributed by atoms with E-state index in [0.29, 0.717) is 12.1 Å². The molecule has 1 heterocycles. The predicted octanol–water partition coefficient (Wildman–Crippen LogP) is 3.63. The number of benzene rings is 2. The molecule has 1 amide bonds. The molecule has 1 aliphatic carbocycles. The van der Waals surface area contributed by atoms with Crippen molar-refractivity contribution in [1.29, 1.82) is 0 Å². The highest BCUT2D eigenvalue weighted by Crippen LogP contribution is 2.30. The van der Waals surface area contributed by atoms with Gasteiger partial charge in [0.15, 0.2) is 6.10 Å². The molecule has 0 fully saturated rings. The van der Waals surface area contributed by atoms with Gasteiger partial charge in [-0.2, -0.15) is 0 Å². The summed E-state index contributed by atoms with van der Waals surface area (Å²) in [6, 6.07) is 17.5. The molecular formula is C24H24N2O3. The van der Waals surface area contributed by atoms with E-state index in [0.717, 1.165) is 53.4 Å². The molecule has 0 spiro atoms. The van der Waals surface area contributed by atoms with Crippen LogP contribution in [0.4, 0.5) is 0 Å². The average Bonchev–Trinajstić information content (AvgIpc) is 3.20. The van der Waals surface area contributed by atoms with Gasteiger partial charge in [0.05, 0.1) is 11.1 Å². The SMILES string of the molecule is CC(OC(=O)c1c2c(nc3ccccc13)CCC2)C(=O)NCCc1ccccc1. The molecule has 0 saturated carbocycles. The number of para-hydroxylation sites is 1. The van der Waals surface area contributed by atoms with Gasteiger partial charge in [-0.05, 0) is 49.8 Å². The van der Waals surface area contributed by atoms with E-state index >= 15 is 0 Å². The van der Waals surface area contributed by atoms with Gasteiger partial charge in [-0.3, -0.25) is 9.78 Å². The maximum Gasteiger partial charge on any atom is 0.339 e.